The van der Waals surface area contributed by atoms with E-state index in [2.05, 4.69) is 18.8 Å². The summed E-state index contributed by atoms with van der Waals surface area (Å²) in [5.74, 6) is 0. The third kappa shape index (κ3) is 0.455. The van der Waals surface area contributed by atoms with E-state index in [1.807, 2.05) is 6.08 Å². The molecule has 1 saturated heterocycles. The maximum Gasteiger partial charge on any atom is 0.0402 e. The molecule has 0 aromatic heterocycles. The zero-order valence-electron chi connectivity index (χ0n) is 3.94. The Hall–Kier alpha value is -0.300. The highest BCUT2D eigenvalue weighted by molar-refractivity contribution is 5.05. The van der Waals surface area contributed by atoms with Gasteiger partial charge >= 0.3 is 0 Å². The summed E-state index contributed by atoms with van der Waals surface area (Å²) in [6.07, 6.45) is 1.94. The summed E-state index contributed by atoms with van der Waals surface area (Å²) in [4.78, 5) is 0. The predicted octanol–water partition coefficient (Wildman–Crippen LogP) is 0.533. The van der Waals surface area contributed by atoms with Crippen molar-refractivity contribution >= 4 is 0 Å². The average molecular weight is 83.1 g/mol. The van der Waals surface area contributed by atoms with E-state index in [-0.39, 0.29) is 0 Å². The Kier molecular flexibility index (Phi) is 0.701. The topological polar surface area (TPSA) is 21.9 Å². The monoisotopic (exact) mass is 83.1 g/mol. The van der Waals surface area contributed by atoms with Gasteiger partial charge in [0.1, 0.15) is 0 Å². The van der Waals surface area contributed by atoms with Gasteiger partial charge in [-0.2, -0.15) is 0 Å². The first-order valence-electron chi connectivity index (χ1n) is 2.23. The van der Waals surface area contributed by atoms with Crippen LogP contribution in [-0.4, -0.2) is 12.1 Å². The molecule has 6 heavy (non-hydrogen) atoms. The molecular weight excluding hydrogens is 74.1 g/mol. The molecular formula is C5H9N. The Morgan fingerprint density at radius 1 is 1.83 bits per heavy atom. The van der Waals surface area contributed by atoms with E-state index in [9.17, 15) is 0 Å². The average Bonchev–Trinajstić information content (AvgIpc) is 2.19. The predicted molar refractivity (Wildman–Crippen MR) is 26.6 cm³/mol. The van der Waals surface area contributed by atoms with Crippen LogP contribution in [0.1, 0.15) is 6.92 Å². The summed E-state index contributed by atoms with van der Waals surface area (Å²) < 4.78 is 0. The second-order valence-corrected chi connectivity index (χ2v) is 1.72. The van der Waals surface area contributed by atoms with Crippen LogP contribution in [-0.2, 0) is 0 Å². The molecule has 1 nitrogen and oxygen atoms in total. The molecule has 0 aliphatic carbocycles. The van der Waals surface area contributed by atoms with Crippen molar-refractivity contribution in [3.8, 4) is 0 Å². The fourth-order valence-electron chi connectivity index (χ4n) is 0.520. The second-order valence-electron chi connectivity index (χ2n) is 1.72. The van der Waals surface area contributed by atoms with Crippen LogP contribution in [0.2, 0.25) is 0 Å². The summed E-state index contributed by atoms with van der Waals surface area (Å²) in [7, 11) is 0. The normalized spacial score (nSPS) is 42.2. The Morgan fingerprint density at radius 3 is 2.33 bits per heavy atom. The molecule has 0 aromatic rings. The van der Waals surface area contributed by atoms with E-state index in [1.54, 1.807) is 0 Å². The Balaban J connectivity index is 2.25. The van der Waals surface area contributed by atoms with E-state index in [0.717, 1.165) is 0 Å². The first-order chi connectivity index (χ1) is 2.84. The summed E-state index contributed by atoms with van der Waals surface area (Å²) in [6.45, 7) is 5.76. The Bertz CT molecular complexity index is 68.3. The molecule has 34 valence electrons. The first kappa shape index (κ1) is 3.88. The van der Waals surface area contributed by atoms with Crippen LogP contribution in [0, 0.1) is 0 Å². The molecule has 1 heteroatoms. The van der Waals surface area contributed by atoms with Crippen molar-refractivity contribution in [1.29, 1.82) is 0 Å². The fourth-order valence-corrected chi connectivity index (χ4v) is 0.520. The Labute approximate surface area is 38.1 Å². The van der Waals surface area contributed by atoms with E-state index < -0.39 is 0 Å². The standard InChI is InChI=1S/C5H9N/c1-3-5-4(2)6-5/h3-6H,1H2,2H3/t4-,5-/m0/s1. The van der Waals surface area contributed by atoms with Crippen LogP contribution in [0.15, 0.2) is 12.7 Å². The summed E-state index contributed by atoms with van der Waals surface area (Å²) in [6, 6.07) is 1.31. The minimum absolute atomic E-state index is 0.616. The molecule has 1 rings (SSSR count). The van der Waals surface area contributed by atoms with Crippen molar-refractivity contribution in [3.63, 3.8) is 0 Å². The fraction of sp³-hybridized carbons (Fsp3) is 0.600. The largest absolute Gasteiger partial charge is 0.305 e. The maximum absolute atomic E-state index is 3.61. The van der Waals surface area contributed by atoms with Crippen LogP contribution in [0.4, 0.5) is 0 Å². The van der Waals surface area contributed by atoms with Gasteiger partial charge in [0.2, 0.25) is 0 Å². The second kappa shape index (κ2) is 1.09. The molecule has 1 heterocycles. The van der Waals surface area contributed by atoms with Crippen LogP contribution < -0.4 is 5.32 Å². The number of nitrogens with one attached hydrogen (secondary N) is 1. The van der Waals surface area contributed by atoms with Gasteiger partial charge in [0.15, 0.2) is 0 Å². The van der Waals surface area contributed by atoms with E-state index >= 15 is 0 Å². The van der Waals surface area contributed by atoms with Crippen molar-refractivity contribution < 1.29 is 0 Å². The van der Waals surface area contributed by atoms with Crippen LogP contribution >= 0.6 is 0 Å². The molecule has 0 aromatic carbocycles. The van der Waals surface area contributed by atoms with Gasteiger partial charge in [-0.25, -0.2) is 0 Å². The molecule has 0 bridgehead atoms. The van der Waals surface area contributed by atoms with Crippen LogP contribution in [0.5, 0.6) is 0 Å². The zero-order valence-corrected chi connectivity index (χ0v) is 3.94. The van der Waals surface area contributed by atoms with Gasteiger partial charge in [-0.15, -0.1) is 6.58 Å². The summed E-state index contributed by atoms with van der Waals surface area (Å²) >= 11 is 0. The molecule has 0 unspecified atom stereocenters. The lowest BCUT2D eigenvalue weighted by molar-refractivity contribution is 1.08. The minimum atomic E-state index is 0.616. The van der Waals surface area contributed by atoms with Gasteiger partial charge < -0.3 is 5.32 Å². The molecule has 1 N–H and O–H groups in total. The molecule has 1 fully saturated rings. The van der Waals surface area contributed by atoms with Crippen molar-refractivity contribution in [2.45, 2.75) is 19.0 Å². The quantitative estimate of drug-likeness (QED) is 0.362. The molecule has 0 radical (unpaired) electrons. The molecule has 0 saturated carbocycles. The number of hydrogen-bond donors (Lipinski definition) is 1. The van der Waals surface area contributed by atoms with Gasteiger partial charge in [-0.1, -0.05) is 6.08 Å². The molecule has 1 aliphatic rings. The molecule has 1 aliphatic heterocycles. The highest BCUT2D eigenvalue weighted by atomic mass is 15.1. The highest BCUT2D eigenvalue weighted by Gasteiger charge is 2.26. The van der Waals surface area contributed by atoms with Crippen molar-refractivity contribution in [3.05, 3.63) is 12.7 Å². The maximum atomic E-state index is 3.61. The van der Waals surface area contributed by atoms with Gasteiger partial charge in [-0.05, 0) is 6.92 Å². The van der Waals surface area contributed by atoms with Gasteiger partial charge in [0.05, 0.1) is 0 Å². The third-order valence-corrected chi connectivity index (χ3v) is 1.14. The van der Waals surface area contributed by atoms with E-state index in [4.69, 9.17) is 0 Å². The number of rotatable bonds is 1. The zero-order chi connectivity index (χ0) is 4.57. The highest BCUT2D eigenvalue weighted by Crippen LogP contribution is 2.08. The molecule has 2 atom stereocenters. The minimum Gasteiger partial charge on any atom is -0.305 e. The number of hydrogen-bond acceptors (Lipinski definition) is 1. The lowest BCUT2D eigenvalue weighted by Crippen LogP contribution is -1.78. The van der Waals surface area contributed by atoms with Gasteiger partial charge in [-0.3, -0.25) is 0 Å². The van der Waals surface area contributed by atoms with E-state index in [0.29, 0.717) is 12.1 Å². The Morgan fingerprint density at radius 2 is 2.33 bits per heavy atom. The van der Waals surface area contributed by atoms with Crippen molar-refractivity contribution in [1.82, 2.24) is 5.32 Å². The van der Waals surface area contributed by atoms with Gasteiger partial charge in [0.25, 0.3) is 0 Å². The smallest absolute Gasteiger partial charge is 0.0402 e. The van der Waals surface area contributed by atoms with Crippen molar-refractivity contribution in [2.75, 3.05) is 0 Å². The molecule has 0 amide bonds. The van der Waals surface area contributed by atoms with Gasteiger partial charge in [0, 0.05) is 12.1 Å². The van der Waals surface area contributed by atoms with E-state index in [1.165, 1.54) is 0 Å². The first-order valence-corrected chi connectivity index (χ1v) is 2.23. The lowest BCUT2D eigenvalue weighted by Gasteiger charge is -1.67. The third-order valence-electron chi connectivity index (χ3n) is 1.14. The molecule has 0 spiro atoms. The SMILES string of the molecule is C=C[C@@H]1N[C@H]1C. The lowest BCUT2D eigenvalue weighted by atomic mass is 10.3. The van der Waals surface area contributed by atoms with Crippen molar-refractivity contribution in [2.24, 2.45) is 0 Å². The van der Waals surface area contributed by atoms with Crippen LogP contribution in [0.25, 0.3) is 0 Å². The summed E-state index contributed by atoms with van der Waals surface area (Å²) in [5, 5.41) is 3.16. The van der Waals surface area contributed by atoms with Crippen LogP contribution in [0.3, 0.4) is 0 Å². The summed E-state index contributed by atoms with van der Waals surface area (Å²) in [5.41, 5.74) is 0.